The second-order valence-corrected chi connectivity index (χ2v) is 7.68. The van der Waals surface area contributed by atoms with E-state index in [-0.39, 0.29) is 12.8 Å². The van der Waals surface area contributed by atoms with Crippen molar-refractivity contribution < 1.29 is 44.4 Å². The molecule has 0 spiro atoms. The van der Waals surface area contributed by atoms with Crippen molar-refractivity contribution >= 4 is 41.4 Å². The molecule has 5 atom stereocenters. The van der Waals surface area contributed by atoms with Gasteiger partial charge < -0.3 is 42.1 Å². The lowest BCUT2D eigenvalue weighted by molar-refractivity contribution is -0.143. The van der Waals surface area contributed by atoms with Gasteiger partial charge in [0.15, 0.2) is 0 Å². The molecule has 9 N–H and O–H groups in total. The molecular weight excluding hydrogens is 436 g/mol. The maximum absolute atomic E-state index is 12.5. The molecule has 0 rings (SSSR count). The van der Waals surface area contributed by atoms with Gasteiger partial charge in [0, 0.05) is 6.42 Å². The summed E-state index contributed by atoms with van der Waals surface area (Å²) in [5.74, 6) is -4.99. The Morgan fingerprint density at radius 1 is 0.935 bits per heavy atom. The number of amides is 3. The van der Waals surface area contributed by atoms with Crippen molar-refractivity contribution in [3.05, 3.63) is 0 Å². The first-order valence-electron chi connectivity index (χ1n) is 9.33. The zero-order chi connectivity index (χ0) is 24.1. The van der Waals surface area contributed by atoms with Crippen LogP contribution in [-0.4, -0.2) is 99.0 Å². The van der Waals surface area contributed by atoms with Gasteiger partial charge in [-0.25, -0.2) is 4.79 Å². The highest BCUT2D eigenvalue weighted by Crippen LogP contribution is 2.05. The minimum Gasteiger partial charge on any atom is -0.481 e. The molecule has 0 fully saturated rings. The van der Waals surface area contributed by atoms with Gasteiger partial charge in [-0.2, -0.15) is 11.8 Å². The Morgan fingerprint density at radius 3 is 1.97 bits per heavy atom. The van der Waals surface area contributed by atoms with E-state index in [4.69, 9.17) is 15.9 Å². The molecule has 178 valence electrons. The van der Waals surface area contributed by atoms with E-state index in [1.165, 1.54) is 18.7 Å². The van der Waals surface area contributed by atoms with E-state index in [0.717, 1.165) is 0 Å². The molecule has 14 heteroatoms. The topological polar surface area (TPSA) is 228 Å². The second kappa shape index (κ2) is 14.6. The van der Waals surface area contributed by atoms with Crippen LogP contribution >= 0.6 is 11.8 Å². The Labute approximate surface area is 183 Å². The number of hydrogen-bond acceptors (Lipinski definition) is 9. The van der Waals surface area contributed by atoms with Crippen LogP contribution in [0.2, 0.25) is 0 Å². The first kappa shape index (κ1) is 28.6. The Hall–Kier alpha value is -2.42. The zero-order valence-electron chi connectivity index (χ0n) is 17.2. The molecule has 0 bridgehead atoms. The highest BCUT2D eigenvalue weighted by Gasteiger charge is 2.32. The molecule has 0 aromatic carbocycles. The summed E-state index contributed by atoms with van der Waals surface area (Å²) in [6.07, 6.45) is -0.441. The van der Waals surface area contributed by atoms with Crippen LogP contribution in [0.3, 0.4) is 0 Å². The smallest absolute Gasteiger partial charge is 0.326 e. The van der Waals surface area contributed by atoms with E-state index < -0.39 is 73.0 Å². The molecule has 0 saturated heterocycles. The number of carboxylic acids is 2. The number of aliphatic hydroxyl groups is 2. The molecular formula is C17H30N4O9S. The summed E-state index contributed by atoms with van der Waals surface area (Å²) >= 11 is 1.37. The number of aliphatic carboxylic acids is 2. The monoisotopic (exact) mass is 466 g/mol. The van der Waals surface area contributed by atoms with Crippen molar-refractivity contribution in [3.8, 4) is 0 Å². The van der Waals surface area contributed by atoms with E-state index in [1.54, 1.807) is 6.26 Å². The molecule has 13 nitrogen and oxygen atoms in total. The summed E-state index contributed by atoms with van der Waals surface area (Å²) in [4.78, 5) is 59.2. The van der Waals surface area contributed by atoms with Gasteiger partial charge >= 0.3 is 11.9 Å². The number of aliphatic hydroxyl groups excluding tert-OH is 2. The van der Waals surface area contributed by atoms with Crippen molar-refractivity contribution in [1.29, 1.82) is 0 Å². The summed E-state index contributed by atoms with van der Waals surface area (Å²) in [7, 11) is 0. The van der Waals surface area contributed by atoms with Crippen LogP contribution in [0.1, 0.15) is 26.2 Å². The lowest BCUT2D eigenvalue weighted by atomic mass is 10.1. The Morgan fingerprint density at radius 2 is 1.52 bits per heavy atom. The first-order chi connectivity index (χ1) is 14.4. The molecule has 0 aliphatic rings. The van der Waals surface area contributed by atoms with Crippen molar-refractivity contribution in [2.45, 2.75) is 56.5 Å². The number of nitrogens with one attached hydrogen (secondary N) is 3. The van der Waals surface area contributed by atoms with Gasteiger partial charge in [-0.05, 0) is 31.8 Å². The number of thioether (sulfide) groups is 1. The number of carbonyl (C=O) groups is 5. The van der Waals surface area contributed by atoms with E-state index in [0.29, 0.717) is 5.75 Å². The molecule has 31 heavy (non-hydrogen) atoms. The molecule has 0 aliphatic carbocycles. The summed E-state index contributed by atoms with van der Waals surface area (Å²) < 4.78 is 0. The summed E-state index contributed by atoms with van der Waals surface area (Å²) in [6.45, 7) is 0.473. The van der Waals surface area contributed by atoms with Crippen LogP contribution in [-0.2, 0) is 24.0 Å². The first-order valence-corrected chi connectivity index (χ1v) is 10.7. The van der Waals surface area contributed by atoms with E-state index >= 15 is 0 Å². The fourth-order valence-corrected chi connectivity index (χ4v) is 2.78. The van der Waals surface area contributed by atoms with Gasteiger partial charge in [0.1, 0.15) is 24.2 Å². The van der Waals surface area contributed by atoms with Crippen LogP contribution in [0, 0.1) is 0 Å². The number of carboxylic acid groups (broad SMARTS) is 2. The summed E-state index contributed by atoms with van der Waals surface area (Å²) in [5, 5.41) is 43.5. The van der Waals surface area contributed by atoms with Crippen molar-refractivity contribution in [2.24, 2.45) is 5.73 Å². The predicted molar refractivity (Wildman–Crippen MR) is 110 cm³/mol. The zero-order valence-corrected chi connectivity index (χ0v) is 18.1. The van der Waals surface area contributed by atoms with Gasteiger partial charge in [-0.1, -0.05) is 0 Å². The predicted octanol–water partition coefficient (Wildman–Crippen LogP) is -3.16. The SMILES string of the molecule is CSCCC(NC(=O)C(CCC(=O)O)NC(=O)C(NC(=O)C(N)CO)C(C)O)C(=O)O. The lowest BCUT2D eigenvalue weighted by Crippen LogP contribution is -2.60. The number of carbonyl (C=O) groups excluding carboxylic acids is 3. The molecule has 0 aromatic rings. The van der Waals surface area contributed by atoms with Crippen molar-refractivity contribution in [3.63, 3.8) is 0 Å². The van der Waals surface area contributed by atoms with Crippen LogP contribution in [0.25, 0.3) is 0 Å². The molecule has 0 heterocycles. The quantitative estimate of drug-likeness (QED) is 0.120. The van der Waals surface area contributed by atoms with Gasteiger partial charge in [-0.15, -0.1) is 0 Å². The minimum atomic E-state index is -1.56. The van der Waals surface area contributed by atoms with Crippen molar-refractivity contribution in [1.82, 2.24) is 16.0 Å². The maximum Gasteiger partial charge on any atom is 0.326 e. The Kier molecular flexibility index (Phi) is 13.4. The standard InChI is InChI=1S/C17H30N4O9S/c1-8(23)13(21-14(26)9(18)7-22)16(28)19-10(3-4-12(24)25)15(27)20-11(17(29)30)5-6-31-2/h8-11,13,22-23H,3-7,18H2,1-2H3,(H,19,28)(H,20,27)(H,21,26)(H,24,25)(H,29,30). The highest BCUT2D eigenvalue weighted by atomic mass is 32.2. The van der Waals surface area contributed by atoms with Crippen LogP contribution in [0.15, 0.2) is 0 Å². The lowest BCUT2D eigenvalue weighted by Gasteiger charge is -2.26. The normalized spacial score (nSPS) is 15.6. The van der Waals surface area contributed by atoms with Crippen LogP contribution in [0.5, 0.6) is 0 Å². The number of rotatable bonds is 15. The Bertz CT molecular complexity index is 647. The van der Waals surface area contributed by atoms with Crippen molar-refractivity contribution in [2.75, 3.05) is 18.6 Å². The molecule has 0 aliphatic heterocycles. The fraction of sp³-hybridized carbons (Fsp3) is 0.706. The average Bonchev–Trinajstić information content (AvgIpc) is 2.70. The van der Waals surface area contributed by atoms with E-state index in [2.05, 4.69) is 16.0 Å². The third kappa shape index (κ3) is 11.0. The number of hydrogen-bond donors (Lipinski definition) is 8. The van der Waals surface area contributed by atoms with E-state index in [1.807, 2.05) is 0 Å². The summed E-state index contributed by atoms with van der Waals surface area (Å²) in [6, 6.07) is -5.60. The van der Waals surface area contributed by atoms with Crippen LogP contribution < -0.4 is 21.7 Å². The molecule has 5 unspecified atom stereocenters. The van der Waals surface area contributed by atoms with Gasteiger partial charge in [0.25, 0.3) is 0 Å². The second-order valence-electron chi connectivity index (χ2n) is 6.69. The van der Waals surface area contributed by atoms with Gasteiger partial charge in [0.05, 0.1) is 12.7 Å². The summed E-state index contributed by atoms with van der Waals surface area (Å²) in [5.41, 5.74) is 5.36. The highest BCUT2D eigenvalue weighted by molar-refractivity contribution is 7.98. The van der Waals surface area contributed by atoms with E-state index in [9.17, 15) is 34.2 Å². The average molecular weight is 467 g/mol. The molecule has 0 radical (unpaired) electrons. The third-order valence-electron chi connectivity index (χ3n) is 4.10. The fourth-order valence-electron chi connectivity index (χ4n) is 2.31. The number of nitrogens with two attached hydrogens (primary N) is 1. The van der Waals surface area contributed by atoms with Gasteiger partial charge in [0.2, 0.25) is 17.7 Å². The van der Waals surface area contributed by atoms with Gasteiger partial charge in [-0.3, -0.25) is 19.2 Å². The largest absolute Gasteiger partial charge is 0.481 e. The molecule has 0 saturated carbocycles. The molecule has 3 amide bonds. The minimum absolute atomic E-state index is 0.104. The van der Waals surface area contributed by atoms with Crippen LogP contribution in [0.4, 0.5) is 0 Å². The Balaban J connectivity index is 5.43. The molecule has 0 aromatic heterocycles. The third-order valence-corrected chi connectivity index (χ3v) is 4.75. The maximum atomic E-state index is 12.5.